The molecule has 0 bridgehead atoms. The highest BCUT2D eigenvalue weighted by Gasteiger charge is 2.20. The van der Waals surface area contributed by atoms with Crippen LogP contribution in [0.15, 0.2) is 11.6 Å². The molecule has 0 rings (SSSR count). The first-order chi connectivity index (χ1) is 4.52. The van der Waals surface area contributed by atoms with E-state index in [1.807, 2.05) is 0 Å². The van der Waals surface area contributed by atoms with Crippen molar-refractivity contribution in [2.45, 2.75) is 0 Å². The smallest absolute Gasteiger partial charge is 0.282 e. The van der Waals surface area contributed by atoms with E-state index >= 15 is 0 Å². The number of methoxy groups -OCH3 is 1. The minimum absolute atomic E-state index is 0.0120. The summed E-state index contributed by atoms with van der Waals surface area (Å²) in [4.78, 5) is 0. The Bertz CT molecular complexity index is 173. The average Bonchev–Trinajstić information content (AvgIpc) is 1.80. The van der Waals surface area contributed by atoms with E-state index < -0.39 is 5.85 Å². The number of hydrogen-bond donors (Lipinski definition) is 0. The Hall–Kier alpha value is 0.640. The van der Waals surface area contributed by atoms with Crippen molar-refractivity contribution in [3.8, 4) is 0 Å². The molecule has 0 aromatic rings. The third-order valence-electron chi connectivity index (χ3n) is 0.725. The van der Waals surface area contributed by atoms with Gasteiger partial charge in [0.2, 0.25) is 0 Å². The summed E-state index contributed by atoms with van der Waals surface area (Å²) in [6.45, 7) is 0. The lowest BCUT2D eigenvalue weighted by Crippen LogP contribution is -1.80. The molecule has 0 amide bonds. The molecule has 0 spiro atoms. The molecule has 0 heterocycles. The van der Waals surface area contributed by atoms with Crippen LogP contribution in [0.25, 0.3) is 0 Å². The fraction of sp³-hybridized carbons (Fsp3) is 0.500. The Kier molecular flexibility index (Phi) is 4.79. The molecule has 0 radical (unpaired) electrons. The van der Waals surface area contributed by atoms with E-state index in [1.54, 1.807) is 0 Å². The van der Waals surface area contributed by atoms with E-state index in [4.69, 9.17) is 34.1 Å². The van der Waals surface area contributed by atoms with Crippen molar-refractivity contribution in [2.24, 2.45) is 0 Å². The molecule has 0 aliphatic carbocycles. The van der Waals surface area contributed by atoms with Gasteiger partial charge in [-0.3, -0.25) is 4.57 Å². The molecule has 60 valence electrons. The van der Waals surface area contributed by atoms with Gasteiger partial charge in [0, 0.05) is 0 Å². The summed E-state index contributed by atoms with van der Waals surface area (Å²) >= 11 is 15.9. The van der Waals surface area contributed by atoms with Crippen LogP contribution in [0.3, 0.4) is 0 Å². The van der Waals surface area contributed by atoms with Crippen LogP contribution in [0.5, 0.6) is 0 Å². The van der Waals surface area contributed by atoms with Crippen LogP contribution in [0.1, 0.15) is 0 Å². The first-order valence-corrected chi connectivity index (χ1v) is 6.35. The van der Waals surface area contributed by atoms with Gasteiger partial charge in [0.25, 0.3) is 5.85 Å². The first-order valence-electron chi connectivity index (χ1n) is 2.30. The molecule has 2 nitrogen and oxygen atoms in total. The molecule has 0 aromatic heterocycles. The van der Waals surface area contributed by atoms with Gasteiger partial charge in [0.1, 0.15) is 0 Å². The van der Waals surface area contributed by atoms with Crippen LogP contribution in [0.4, 0.5) is 0 Å². The van der Waals surface area contributed by atoms with Crippen molar-refractivity contribution in [1.82, 2.24) is 0 Å². The van der Waals surface area contributed by atoms with Crippen LogP contribution in [-0.2, 0) is 9.30 Å². The second-order valence-electron chi connectivity index (χ2n) is 1.44. The number of ether oxygens (including phenoxy) is 1. The lowest BCUT2D eigenvalue weighted by Gasteiger charge is -2.02. The second kappa shape index (κ2) is 4.50. The quantitative estimate of drug-likeness (QED) is 0.416. The number of hydrogen-bond acceptors (Lipinski definition) is 2. The third-order valence-corrected chi connectivity index (χ3v) is 3.43. The minimum atomic E-state index is -3.24. The monoisotopic (exact) mass is 222 g/mol. The normalized spacial score (nSPS) is 13.4. The predicted octanol–water partition coefficient (Wildman–Crippen LogP) is 3.38. The average molecular weight is 223 g/mol. The van der Waals surface area contributed by atoms with Crippen LogP contribution >= 0.6 is 39.9 Å². The molecule has 0 aliphatic rings. The summed E-state index contributed by atoms with van der Waals surface area (Å²) in [7, 11) is 1.40. The largest absolute Gasteiger partial charge is 0.504 e. The fourth-order valence-corrected chi connectivity index (χ4v) is 2.20. The van der Waals surface area contributed by atoms with Crippen LogP contribution < -0.4 is 0 Å². The SMILES string of the molecule is COC=C(CCl)P(=O)(Cl)Cl. The molecular weight excluding hydrogens is 217 g/mol. The van der Waals surface area contributed by atoms with Crippen LogP contribution in [-0.4, -0.2) is 13.0 Å². The summed E-state index contributed by atoms with van der Waals surface area (Å²) in [5, 5.41) is 0.208. The van der Waals surface area contributed by atoms with Crippen molar-refractivity contribution in [2.75, 3.05) is 13.0 Å². The van der Waals surface area contributed by atoms with Gasteiger partial charge in [-0.25, -0.2) is 0 Å². The zero-order valence-electron chi connectivity index (χ0n) is 5.18. The van der Waals surface area contributed by atoms with E-state index in [0.29, 0.717) is 0 Å². The van der Waals surface area contributed by atoms with Crippen molar-refractivity contribution >= 4 is 39.9 Å². The molecule has 0 saturated carbocycles. The molecule has 0 aromatic carbocycles. The minimum Gasteiger partial charge on any atom is -0.504 e. The van der Waals surface area contributed by atoms with Crippen LogP contribution in [0.2, 0.25) is 0 Å². The van der Waals surface area contributed by atoms with Crippen molar-refractivity contribution in [1.29, 1.82) is 0 Å². The van der Waals surface area contributed by atoms with Gasteiger partial charge in [-0.1, -0.05) is 0 Å². The zero-order valence-corrected chi connectivity index (χ0v) is 8.34. The Labute approximate surface area is 74.0 Å². The maximum Gasteiger partial charge on any atom is 0.282 e. The molecule has 0 atom stereocenters. The summed E-state index contributed by atoms with van der Waals surface area (Å²) in [5.41, 5.74) is 0. The highest BCUT2D eigenvalue weighted by Crippen LogP contribution is 2.63. The first kappa shape index (κ1) is 10.6. The van der Waals surface area contributed by atoms with Gasteiger partial charge in [-0.15, -0.1) is 11.6 Å². The molecule has 10 heavy (non-hydrogen) atoms. The van der Waals surface area contributed by atoms with Crippen molar-refractivity contribution in [3.63, 3.8) is 0 Å². The van der Waals surface area contributed by atoms with Gasteiger partial charge in [0.05, 0.1) is 24.6 Å². The van der Waals surface area contributed by atoms with E-state index in [-0.39, 0.29) is 11.2 Å². The number of allylic oxidation sites excluding steroid dienone is 1. The highest BCUT2D eigenvalue weighted by atomic mass is 35.9. The Morgan fingerprint density at radius 3 is 2.30 bits per heavy atom. The van der Waals surface area contributed by atoms with E-state index in [2.05, 4.69) is 4.74 Å². The van der Waals surface area contributed by atoms with Crippen molar-refractivity contribution in [3.05, 3.63) is 11.6 Å². The van der Waals surface area contributed by atoms with Gasteiger partial charge in [-0.2, -0.15) is 0 Å². The van der Waals surface area contributed by atoms with Crippen LogP contribution in [0, 0.1) is 0 Å². The third kappa shape index (κ3) is 3.72. The highest BCUT2D eigenvalue weighted by molar-refractivity contribution is 8.11. The molecule has 6 heteroatoms. The summed E-state index contributed by atoms with van der Waals surface area (Å²) in [6, 6.07) is 0. The zero-order chi connectivity index (χ0) is 8.20. The lowest BCUT2D eigenvalue weighted by molar-refractivity contribution is 0.336. The van der Waals surface area contributed by atoms with Crippen molar-refractivity contribution < 1.29 is 9.30 Å². The van der Waals surface area contributed by atoms with E-state index in [0.717, 1.165) is 0 Å². The Morgan fingerprint density at radius 1 is 1.70 bits per heavy atom. The molecule has 0 saturated heterocycles. The Balaban J connectivity index is 4.37. The predicted molar refractivity (Wildman–Crippen MR) is 45.1 cm³/mol. The van der Waals surface area contributed by atoms with Gasteiger partial charge in [-0.05, 0) is 22.5 Å². The van der Waals surface area contributed by atoms with Gasteiger partial charge < -0.3 is 4.74 Å². The molecule has 0 N–H and O–H groups in total. The summed E-state index contributed by atoms with van der Waals surface area (Å²) < 4.78 is 15.4. The van der Waals surface area contributed by atoms with Gasteiger partial charge >= 0.3 is 0 Å². The second-order valence-corrected chi connectivity index (χ2v) is 6.58. The molecule has 0 fully saturated rings. The standard InChI is InChI=1S/C4H6Cl3O2P/c1-9-3-4(2-5)10(6,7)8/h3H,2H2,1H3. The molecular formula is C4H6Cl3O2P. The van der Waals surface area contributed by atoms with E-state index in [1.165, 1.54) is 13.4 Å². The fourth-order valence-electron chi connectivity index (χ4n) is 0.298. The number of rotatable bonds is 3. The lowest BCUT2D eigenvalue weighted by atomic mass is 10.7. The molecule has 0 unspecified atom stereocenters. The number of halogens is 3. The summed E-state index contributed by atoms with van der Waals surface area (Å²) in [6.07, 6.45) is 1.19. The molecule has 0 aliphatic heterocycles. The maximum atomic E-state index is 10.8. The topological polar surface area (TPSA) is 26.3 Å². The van der Waals surface area contributed by atoms with E-state index in [9.17, 15) is 4.57 Å². The summed E-state index contributed by atoms with van der Waals surface area (Å²) in [5.74, 6) is -3.23. The maximum absolute atomic E-state index is 10.8. The van der Waals surface area contributed by atoms with Gasteiger partial charge in [0.15, 0.2) is 0 Å². The Morgan fingerprint density at radius 2 is 2.20 bits per heavy atom. The number of alkyl halides is 1.